The summed E-state index contributed by atoms with van der Waals surface area (Å²) in [7, 11) is 1.58. The van der Waals surface area contributed by atoms with Crippen LogP contribution in [0.1, 0.15) is 27.3 Å². The number of ether oxygens (including phenoxy) is 1. The number of aryl methyl sites for hydroxylation is 2. The summed E-state index contributed by atoms with van der Waals surface area (Å²) in [5.74, 6) is -0.594. The molecule has 1 heterocycles. The van der Waals surface area contributed by atoms with Gasteiger partial charge >= 0.3 is 5.97 Å². The molecule has 0 radical (unpaired) electrons. The number of rotatable bonds is 4. The highest BCUT2D eigenvalue weighted by Crippen LogP contribution is 2.18. The van der Waals surface area contributed by atoms with Crippen LogP contribution in [-0.2, 0) is 9.53 Å². The molecule has 0 atom stereocenters. The summed E-state index contributed by atoms with van der Waals surface area (Å²) >= 11 is 1.34. The third-order valence-corrected chi connectivity index (χ3v) is 3.18. The average Bonchev–Trinajstić information content (AvgIpc) is 2.56. The van der Waals surface area contributed by atoms with Crippen molar-refractivity contribution in [3.05, 3.63) is 15.6 Å². The highest BCUT2D eigenvalue weighted by molar-refractivity contribution is 7.13. The Bertz CT molecular complexity index is 428. The van der Waals surface area contributed by atoms with Crippen molar-refractivity contribution in [2.24, 2.45) is 0 Å². The summed E-state index contributed by atoms with van der Waals surface area (Å²) in [6, 6.07) is 0. The predicted molar refractivity (Wildman–Crippen MR) is 65.2 cm³/mol. The predicted octanol–water partition coefficient (Wildman–Crippen LogP) is 1.40. The molecule has 0 aliphatic carbocycles. The standard InChI is InChI=1S/C11H16N2O3S/c1-5-16-9(14)6-13(4)11(15)10-7(2)12-8(3)17-10/h5-6H2,1-4H3. The first kappa shape index (κ1) is 13.6. The van der Waals surface area contributed by atoms with Crippen LogP contribution in [0.3, 0.4) is 0 Å². The molecule has 0 aliphatic rings. The van der Waals surface area contributed by atoms with Crippen molar-refractivity contribution in [1.82, 2.24) is 9.88 Å². The first-order chi connectivity index (χ1) is 7.95. The third kappa shape index (κ3) is 3.52. The number of esters is 1. The Balaban J connectivity index is 2.70. The lowest BCUT2D eigenvalue weighted by molar-refractivity contribution is -0.143. The molecule has 0 bridgehead atoms. The van der Waals surface area contributed by atoms with E-state index in [1.165, 1.54) is 16.2 Å². The Hall–Kier alpha value is -1.43. The third-order valence-electron chi connectivity index (χ3n) is 2.12. The van der Waals surface area contributed by atoms with Crippen LogP contribution in [0.4, 0.5) is 0 Å². The lowest BCUT2D eigenvalue weighted by Gasteiger charge is -2.15. The van der Waals surface area contributed by atoms with E-state index in [1.54, 1.807) is 20.9 Å². The second kappa shape index (κ2) is 5.77. The van der Waals surface area contributed by atoms with Crippen molar-refractivity contribution < 1.29 is 14.3 Å². The number of nitrogens with zero attached hydrogens (tertiary/aromatic N) is 2. The zero-order valence-corrected chi connectivity index (χ0v) is 11.3. The molecule has 0 aromatic carbocycles. The topological polar surface area (TPSA) is 59.5 Å². The van der Waals surface area contributed by atoms with Crippen molar-refractivity contribution >= 4 is 23.2 Å². The molecule has 1 rings (SSSR count). The first-order valence-electron chi connectivity index (χ1n) is 5.30. The molecule has 1 amide bonds. The zero-order chi connectivity index (χ0) is 13.0. The molecule has 5 nitrogen and oxygen atoms in total. The van der Waals surface area contributed by atoms with Gasteiger partial charge in [0.1, 0.15) is 11.4 Å². The minimum absolute atomic E-state index is 0.0386. The summed E-state index contributed by atoms with van der Waals surface area (Å²) in [5, 5.41) is 0.843. The van der Waals surface area contributed by atoms with E-state index in [1.807, 2.05) is 6.92 Å². The Kier molecular flexibility index (Phi) is 4.62. The van der Waals surface area contributed by atoms with E-state index in [0.717, 1.165) is 5.01 Å². The quantitative estimate of drug-likeness (QED) is 0.764. The minimum Gasteiger partial charge on any atom is -0.465 e. The molecule has 17 heavy (non-hydrogen) atoms. The van der Waals surface area contributed by atoms with Crippen molar-refractivity contribution in [2.45, 2.75) is 20.8 Å². The van der Waals surface area contributed by atoms with Gasteiger partial charge in [-0.2, -0.15) is 0 Å². The van der Waals surface area contributed by atoms with E-state index < -0.39 is 5.97 Å². The monoisotopic (exact) mass is 256 g/mol. The summed E-state index contributed by atoms with van der Waals surface area (Å²) in [4.78, 5) is 29.4. The van der Waals surface area contributed by atoms with Gasteiger partial charge in [0.05, 0.1) is 17.3 Å². The highest BCUT2D eigenvalue weighted by atomic mass is 32.1. The van der Waals surface area contributed by atoms with Gasteiger partial charge in [-0.3, -0.25) is 9.59 Å². The molecule has 0 unspecified atom stereocenters. The van der Waals surface area contributed by atoms with Gasteiger partial charge in [0.15, 0.2) is 0 Å². The molecular weight excluding hydrogens is 240 g/mol. The van der Waals surface area contributed by atoms with Gasteiger partial charge in [0.25, 0.3) is 5.91 Å². The summed E-state index contributed by atoms with van der Waals surface area (Å²) in [6.07, 6.45) is 0. The van der Waals surface area contributed by atoms with Gasteiger partial charge in [0.2, 0.25) is 0 Å². The van der Waals surface area contributed by atoms with E-state index >= 15 is 0 Å². The Morgan fingerprint density at radius 1 is 1.41 bits per heavy atom. The maximum atomic E-state index is 12.0. The van der Waals surface area contributed by atoms with Crippen LogP contribution in [0.25, 0.3) is 0 Å². The fourth-order valence-corrected chi connectivity index (χ4v) is 2.29. The lowest BCUT2D eigenvalue weighted by atomic mass is 10.3. The molecule has 1 aromatic rings. The van der Waals surface area contributed by atoms with E-state index in [4.69, 9.17) is 4.74 Å². The zero-order valence-electron chi connectivity index (χ0n) is 10.4. The van der Waals surface area contributed by atoms with Crippen LogP contribution < -0.4 is 0 Å². The van der Waals surface area contributed by atoms with Crippen molar-refractivity contribution in [1.29, 1.82) is 0 Å². The first-order valence-corrected chi connectivity index (χ1v) is 6.12. The molecule has 1 aromatic heterocycles. The largest absolute Gasteiger partial charge is 0.465 e. The van der Waals surface area contributed by atoms with Crippen molar-refractivity contribution in [3.63, 3.8) is 0 Å². The maximum absolute atomic E-state index is 12.0. The van der Waals surface area contributed by atoms with Gasteiger partial charge in [-0.05, 0) is 20.8 Å². The van der Waals surface area contributed by atoms with Gasteiger partial charge in [-0.25, -0.2) is 4.98 Å². The van der Waals surface area contributed by atoms with E-state index in [0.29, 0.717) is 17.2 Å². The normalized spacial score (nSPS) is 10.1. The van der Waals surface area contributed by atoms with E-state index in [2.05, 4.69) is 4.98 Å². The highest BCUT2D eigenvalue weighted by Gasteiger charge is 2.20. The average molecular weight is 256 g/mol. The fraction of sp³-hybridized carbons (Fsp3) is 0.545. The summed E-state index contributed by atoms with van der Waals surface area (Å²) in [6.45, 7) is 5.65. The lowest BCUT2D eigenvalue weighted by Crippen LogP contribution is -2.32. The van der Waals surface area contributed by atoms with E-state index in [9.17, 15) is 9.59 Å². The number of carbonyl (C=O) groups is 2. The van der Waals surface area contributed by atoms with Crippen LogP contribution >= 0.6 is 11.3 Å². The Morgan fingerprint density at radius 2 is 2.06 bits per heavy atom. The van der Waals surface area contributed by atoms with Crippen molar-refractivity contribution in [2.75, 3.05) is 20.2 Å². The summed E-state index contributed by atoms with van der Waals surface area (Å²) < 4.78 is 4.79. The van der Waals surface area contributed by atoms with Crippen LogP contribution in [0, 0.1) is 13.8 Å². The molecule has 0 N–H and O–H groups in total. The molecule has 0 saturated carbocycles. The van der Waals surface area contributed by atoms with Crippen LogP contribution in [0.5, 0.6) is 0 Å². The number of likely N-dealkylation sites (N-methyl/N-ethyl adjacent to an activating group) is 1. The van der Waals surface area contributed by atoms with Gasteiger partial charge < -0.3 is 9.64 Å². The van der Waals surface area contributed by atoms with Crippen LogP contribution in [-0.4, -0.2) is 42.0 Å². The van der Waals surface area contributed by atoms with Crippen molar-refractivity contribution in [3.8, 4) is 0 Å². The molecule has 0 spiro atoms. The molecule has 0 saturated heterocycles. The molecule has 6 heteroatoms. The number of aromatic nitrogens is 1. The Morgan fingerprint density at radius 3 is 2.53 bits per heavy atom. The molecule has 94 valence electrons. The maximum Gasteiger partial charge on any atom is 0.325 e. The number of amides is 1. The minimum atomic E-state index is -0.401. The molecule has 0 aliphatic heterocycles. The second-order valence-electron chi connectivity index (χ2n) is 3.61. The van der Waals surface area contributed by atoms with Gasteiger partial charge in [0, 0.05) is 7.05 Å². The molecule has 0 fully saturated rings. The van der Waals surface area contributed by atoms with Crippen LogP contribution in [0.2, 0.25) is 0 Å². The van der Waals surface area contributed by atoms with E-state index in [-0.39, 0.29) is 12.5 Å². The Labute approximate surface area is 104 Å². The van der Waals surface area contributed by atoms with Gasteiger partial charge in [-0.1, -0.05) is 0 Å². The number of carbonyl (C=O) groups excluding carboxylic acids is 2. The number of thiazole rings is 1. The number of hydrogen-bond acceptors (Lipinski definition) is 5. The second-order valence-corrected chi connectivity index (χ2v) is 4.82. The summed E-state index contributed by atoms with van der Waals surface area (Å²) in [5.41, 5.74) is 0.702. The van der Waals surface area contributed by atoms with Crippen LogP contribution in [0.15, 0.2) is 0 Å². The fourth-order valence-electron chi connectivity index (χ4n) is 1.38. The SMILES string of the molecule is CCOC(=O)CN(C)C(=O)c1sc(C)nc1C. The molecular formula is C11H16N2O3S. The smallest absolute Gasteiger partial charge is 0.325 e. The van der Waals surface area contributed by atoms with Gasteiger partial charge in [-0.15, -0.1) is 11.3 Å². The number of hydrogen-bond donors (Lipinski definition) is 0.